The maximum atomic E-state index is 12.4. The number of aromatic nitrogens is 1. The Morgan fingerprint density at radius 1 is 1.00 bits per heavy atom. The van der Waals surface area contributed by atoms with Crippen molar-refractivity contribution in [1.82, 2.24) is 4.98 Å². The van der Waals surface area contributed by atoms with Crippen LogP contribution in [0.2, 0.25) is 0 Å². The van der Waals surface area contributed by atoms with Crippen LogP contribution in [0.3, 0.4) is 0 Å². The molecule has 3 aromatic rings. The van der Waals surface area contributed by atoms with Crippen molar-refractivity contribution in [2.75, 3.05) is 23.3 Å². The molecular weight excluding hydrogens is 367 g/mol. The molecule has 2 aromatic carbocycles. The summed E-state index contributed by atoms with van der Waals surface area (Å²) in [6.07, 6.45) is -1.08. The van der Waals surface area contributed by atoms with Crippen LogP contribution in [0.1, 0.15) is 12.8 Å². The molecule has 0 saturated carbocycles. The lowest BCUT2D eigenvalue weighted by Crippen LogP contribution is -2.39. The lowest BCUT2D eigenvalue weighted by molar-refractivity contribution is -0.274. The first-order chi connectivity index (χ1) is 13.5. The van der Waals surface area contributed by atoms with Crippen LogP contribution in [0.15, 0.2) is 60.8 Å². The number of ether oxygens (including phenoxy) is 1. The van der Waals surface area contributed by atoms with E-state index >= 15 is 0 Å². The number of halogens is 3. The van der Waals surface area contributed by atoms with E-state index in [1.807, 2.05) is 30.5 Å². The van der Waals surface area contributed by atoms with E-state index in [-0.39, 0.29) is 11.8 Å². The van der Waals surface area contributed by atoms with Crippen molar-refractivity contribution in [2.45, 2.75) is 25.2 Å². The van der Waals surface area contributed by atoms with Gasteiger partial charge in [0.1, 0.15) is 5.75 Å². The molecule has 0 unspecified atom stereocenters. The molecule has 0 spiro atoms. The zero-order valence-corrected chi connectivity index (χ0v) is 15.1. The van der Waals surface area contributed by atoms with Gasteiger partial charge in [0.15, 0.2) is 0 Å². The molecule has 0 atom stereocenters. The molecule has 0 bridgehead atoms. The van der Waals surface area contributed by atoms with Crippen molar-refractivity contribution in [3.63, 3.8) is 0 Å². The lowest BCUT2D eigenvalue weighted by Gasteiger charge is -2.35. The molecule has 1 aliphatic heterocycles. The van der Waals surface area contributed by atoms with Crippen molar-refractivity contribution in [2.24, 2.45) is 0 Å². The Bertz CT molecular complexity index is 948. The number of benzene rings is 2. The summed E-state index contributed by atoms with van der Waals surface area (Å²) in [5, 5.41) is 4.46. The number of alkyl halides is 3. The van der Waals surface area contributed by atoms with Crippen molar-refractivity contribution >= 4 is 22.3 Å². The van der Waals surface area contributed by atoms with Gasteiger partial charge in [-0.3, -0.25) is 4.98 Å². The molecule has 4 nitrogen and oxygen atoms in total. The van der Waals surface area contributed by atoms with Crippen LogP contribution in [0.4, 0.5) is 24.5 Å². The van der Waals surface area contributed by atoms with Crippen LogP contribution >= 0.6 is 0 Å². The van der Waals surface area contributed by atoms with Gasteiger partial charge < -0.3 is 15.0 Å². The van der Waals surface area contributed by atoms with Crippen molar-refractivity contribution in [3.8, 4) is 5.75 Å². The van der Waals surface area contributed by atoms with E-state index in [1.165, 1.54) is 17.8 Å². The summed E-state index contributed by atoms with van der Waals surface area (Å²) in [7, 11) is 0. The smallest absolute Gasteiger partial charge is 0.406 e. The van der Waals surface area contributed by atoms with Crippen LogP contribution in [0, 0.1) is 0 Å². The van der Waals surface area contributed by atoms with Gasteiger partial charge in [-0.25, -0.2) is 0 Å². The second-order valence-corrected chi connectivity index (χ2v) is 6.83. The SMILES string of the molecule is FC(F)(F)Oc1cccc(NC2CCN(c3ccnc4ccccc34)CC2)c1. The minimum Gasteiger partial charge on any atom is -0.406 e. The Morgan fingerprint density at radius 2 is 1.79 bits per heavy atom. The van der Waals surface area contributed by atoms with Crippen molar-refractivity contribution in [3.05, 3.63) is 60.8 Å². The molecule has 0 radical (unpaired) electrons. The molecule has 0 amide bonds. The maximum absolute atomic E-state index is 12.4. The van der Waals surface area contributed by atoms with E-state index in [4.69, 9.17) is 0 Å². The summed E-state index contributed by atoms with van der Waals surface area (Å²) in [5.41, 5.74) is 2.78. The number of para-hydroxylation sites is 1. The Hall–Kier alpha value is -2.96. The van der Waals surface area contributed by atoms with E-state index in [1.54, 1.807) is 12.1 Å². The molecule has 28 heavy (non-hydrogen) atoms. The molecule has 146 valence electrons. The number of nitrogens with zero attached hydrogens (tertiary/aromatic N) is 2. The number of hydrogen-bond donors (Lipinski definition) is 1. The van der Waals surface area contributed by atoms with E-state index in [0.29, 0.717) is 5.69 Å². The van der Waals surface area contributed by atoms with Gasteiger partial charge in [0, 0.05) is 48.2 Å². The Labute approximate surface area is 160 Å². The first kappa shape index (κ1) is 18.4. The first-order valence-electron chi connectivity index (χ1n) is 9.19. The third-order valence-corrected chi connectivity index (χ3v) is 4.90. The molecule has 4 rings (SSSR count). The second-order valence-electron chi connectivity index (χ2n) is 6.83. The predicted molar refractivity (Wildman–Crippen MR) is 104 cm³/mol. The molecule has 0 aliphatic carbocycles. The molecule has 1 aliphatic rings. The van der Waals surface area contributed by atoms with Crippen molar-refractivity contribution < 1.29 is 17.9 Å². The standard InChI is InChI=1S/C21H20F3N3O/c22-21(23,24)28-17-5-3-4-16(14-17)26-15-9-12-27(13-10-15)20-8-11-25-19-7-2-1-6-18(19)20/h1-8,11,14-15,26H,9-10,12-13H2. The summed E-state index contributed by atoms with van der Waals surface area (Å²) in [4.78, 5) is 6.75. The van der Waals surface area contributed by atoms with E-state index in [0.717, 1.165) is 36.8 Å². The van der Waals surface area contributed by atoms with Crippen LogP contribution in [-0.2, 0) is 0 Å². The average Bonchev–Trinajstić information content (AvgIpc) is 2.67. The topological polar surface area (TPSA) is 37.4 Å². The van der Waals surface area contributed by atoms with Gasteiger partial charge in [-0.05, 0) is 37.1 Å². The highest BCUT2D eigenvalue weighted by atomic mass is 19.4. The first-order valence-corrected chi connectivity index (χ1v) is 9.19. The second kappa shape index (κ2) is 7.58. The molecule has 7 heteroatoms. The normalized spacial score (nSPS) is 15.6. The molecule has 2 heterocycles. The maximum Gasteiger partial charge on any atom is 0.573 e. The largest absolute Gasteiger partial charge is 0.573 e. The average molecular weight is 387 g/mol. The van der Waals surface area contributed by atoms with Gasteiger partial charge in [0.2, 0.25) is 0 Å². The monoisotopic (exact) mass is 387 g/mol. The third-order valence-electron chi connectivity index (χ3n) is 4.90. The van der Waals surface area contributed by atoms with E-state index in [9.17, 15) is 13.2 Å². The van der Waals surface area contributed by atoms with Gasteiger partial charge in [0.05, 0.1) is 5.52 Å². The Morgan fingerprint density at radius 3 is 2.57 bits per heavy atom. The summed E-state index contributed by atoms with van der Waals surface area (Å²) in [6, 6.07) is 16.3. The van der Waals surface area contributed by atoms with Crippen LogP contribution in [-0.4, -0.2) is 30.5 Å². The number of hydrogen-bond acceptors (Lipinski definition) is 4. The minimum atomic E-state index is -4.68. The Balaban J connectivity index is 1.40. The van der Waals surface area contributed by atoms with E-state index < -0.39 is 6.36 Å². The summed E-state index contributed by atoms with van der Waals surface area (Å²) in [6.45, 7) is 1.73. The highest BCUT2D eigenvalue weighted by molar-refractivity contribution is 5.91. The van der Waals surface area contributed by atoms with Gasteiger partial charge in [-0.2, -0.15) is 0 Å². The molecule has 1 saturated heterocycles. The number of pyridine rings is 1. The number of fused-ring (bicyclic) bond motifs is 1. The number of nitrogens with one attached hydrogen (secondary N) is 1. The Kier molecular flexibility index (Phi) is 4.98. The van der Waals surface area contributed by atoms with Gasteiger partial charge in [-0.15, -0.1) is 13.2 Å². The zero-order chi connectivity index (χ0) is 19.6. The number of rotatable bonds is 4. The van der Waals surface area contributed by atoms with E-state index in [2.05, 4.69) is 26.0 Å². The zero-order valence-electron chi connectivity index (χ0n) is 15.1. The summed E-state index contributed by atoms with van der Waals surface area (Å²) >= 11 is 0. The van der Waals surface area contributed by atoms with Crippen LogP contribution in [0.5, 0.6) is 5.75 Å². The molecule has 1 aromatic heterocycles. The lowest BCUT2D eigenvalue weighted by atomic mass is 10.0. The molecular formula is C21H20F3N3O. The minimum absolute atomic E-state index is 0.200. The fraction of sp³-hybridized carbons (Fsp3) is 0.286. The van der Waals surface area contributed by atoms with Gasteiger partial charge >= 0.3 is 6.36 Å². The highest BCUT2D eigenvalue weighted by Crippen LogP contribution is 2.29. The molecule has 1 N–H and O–H groups in total. The third kappa shape index (κ3) is 4.30. The fourth-order valence-corrected chi connectivity index (χ4v) is 3.64. The van der Waals surface area contributed by atoms with Crippen LogP contribution in [0.25, 0.3) is 10.9 Å². The van der Waals surface area contributed by atoms with Crippen molar-refractivity contribution in [1.29, 1.82) is 0 Å². The van der Waals surface area contributed by atoms with Crippen LogP contribution < -0.4 is 15.0 Å². The fourth-order valence-electron chi connectivity index (χ4n) is 3.64. The highest BCUT2D eigenvalue weighted by Gasteiger charge is 2.31. The summed E-state index contributed by atoms with van der Waals surface area (Å²) < 4.78 is 41.2. The molecule has 1 fully saturated rings. The quantitative estimate of drug-likeness (QED) is 0.667. The van der Waals surface area contributed by atoms with Gasteiger partial charge in [0.25, 0.3) is 0 Å². The van der Waals surface area contributed by atoms with Gasteiger partial charge in [-0.1, -0.05) is 24.3 Å². The summed E-state index contributed by atoms with van der Waals surface area (Å²) in [5.74, 6) is -0.210. The number of piperidine rings is 1. The number of anilines is 2. The predicted octanol–water partition coefficient (Wildman–Crippen LogP) is 5.21.